The van der Waals surface area contributed by atoms with Crippen LogP contribution in [0.3, 0.4) is 0 Å². The maximum absolute atomic E-state index is 12.7. The van der Waals surface area contributed by atoms with Crippen LogP contribution in [0.15, 0.2) is 24.3 Å². The monoisotopic (exact) mass is 367 g/mol. The van der Waals surface area contributed by atoms with Gasteiger partial charge in [0.1, 0.15) is 17.5 Å². The Hall–Kier alpha value is -1.85. The summed E-state index contributed by atoms with van der Waals surface area (Å²) in [5.41, 5.74) is 1.30. The van der Waals surface area contributed by atoms with E-state index in [0.717, 1.165) is 25.8 Å². The number of ketones is 1. The van der Waals surface area contributed by atoms with Crippen LogP contribution in [0, 0.1) is 11.3 Å². The summed E-state index contributed by atoms with van der Waals surface area (Å²) in [5, 5.41) is 10.6. The van der Waals surface area contributed by atoms with E-state index in [2.05, 4.69) is 30.2 Å². The molecule has 1 aromatic carbocycles. The molecule has 5 heteroatoms. The molecule has 7 rings (SSSR count). The smallest absolute Gasteiger partial charge is 0.165 e. The number of methoxy groups -OCH3 is 1. The second kappa shape index (κ2) is 4.58. The molecule has 2 heterocycles. The Labute approximate surface area is 158 Å². The molecule has 142 valence electrons. The minimum absolute atomic E-state index is 0.158. The van der Waals surface area contributed by atoms with Crippen LogP contribution in [-0.2, 0) is 21.4 Å². The van der Waals surface area contributed by atoms with E-state index in [9.17, 15) is 9.90 Å². The number of hydrogen-bond acceptors (Lipinski definition) is 5. The van der Waals surface area contributed by atoms with Crippen molar-refractivity contribution >= 4 is 5.78 Å². The van der Waals surface area contributed by atoms with Gasteiger partial charge in [-0.3, -0.25) is 4.79 Å². The van der Waals surface area contributed by atoms with Gasteiger partial charge in [-0.15, -0.1) is 0 Å². The summed E-state index contributed by atoms with van der Waals surface area (Å²) in [4.78, 5) is 15.2. The minimum Gasteiger partial charge on any atom is -0.504 e. The Kier molecular flexibility index (Phi) is 2.74. The van der Waals surface area contributed by atoms with Crippen molar-refractivity contribution in [1.82, 2.24) is 4.90 Å². The van der Waals surface area contributed by atoms with Crippen LogP contribution in [0.5, 0.6) is 11.5 Å². The lowest BCUT2D eigenvalue weighted by molar-refractivity contribution is -0.212. The number of likely N-dealkylation sites (N-methyl/N-ethyl adjacent to an activating group) is 1. The largest absolute Gasteiger partial charge is 0.504 e. The molecule has 1 N–H and O–H groups in total. The normalized spacial score (nSPS) is 45.5. The third kappa shape index (κ3) is 1.43. The molecule has 3 unspecified atom stereocenters. The van der Waals surface area contributed by atoms with Crippen LogP contribution in [0.4, 0.5) is 0 Å². The van der Waals surface area contributed by atoms with Gasteiger partial charge in [0.25, 0.3) is 0 Å². The van der Waals surface area contributed by atoms with Gasteiger partial charge in [-0.2, -0.15) is 0 Å². The molecule has 1 aromatic rings. The van der Waals surface area contributed by atoms with Crippen LogP contribution >= 0.6 is 0 Å². The van der Waals surface area contributed by atoms with Crippen molar-refractivity contribution in [3.63, 3.8) is 0 Å². The van der Waals surface area contributed by atoms with Gasteiger partial charge in [0.2, 0.25) is 0 Å². The molecule has 2 aliphatic heterocycles. The summed E-state index contributed by atoms with van der Waals surface area (Å²) >= 11 is 0. The van der Waals surface area contributed by atoms with E-state index in [4.69, 9.17) is 9.47 Å². The van der Waals surface area contributed by atoms with Crippen molar-refractivity contribution in [1.29, 1.82) is 0 Å². The number of phenols is 1. The maximum atomic E-state index is 12.7. The fourth-order valence-corrected chi connectivity index (χ4v) is 7.52. The first kappa shape index (κ1) is 16.1. The molecule has 6 aliphatic rings. The fourth-order valence-electron chi connectivity index (χ4n) is 7.52. The third-order valence-electron chi connectivity index (χ3n) is 8.56. The standard InChI is InChI=1S/C22H25NO4/c1-12(24)14-11-20-6-7-22(14,26-3)19-21(20)8-9-23(2)16(20)10-13-4-5-15(25)18(27-19)17(13)21/h4-7,14,16,19,25H,8-11H2,1-3H3/t14-,16?,19-,20?,21-,22?/m0/s1. The molecular weight excluding hydrogens is 342 g/mol. The Bertz CT molecular complexity index is 925. The van der Waals surface area contributed by atoms with Crippen LogP contribution in [-0.4, -0.2) is 54.2 Å². The molecular formula is C22H25NO4. The van der Waals surface area contributed by atoms with Crippen molar-refractivity contribution in [2.75, 3.05) is 20.7 Å². The summed E-state index contributed by atoms with van der Waals surface area (Å²) in [6, 6.07) is 4.15. The summed E-state index contributed by atoms with van der Waals surface area (Å²) in [7, 11) is 3.89. The number of carbonyl (C=O) groups excluding carboxylic acids is 1. The highest BCUT2D eigenvalue weighted by molar-refractivity contribution is 5.82. The number of fused-ring (bicyclic) bond motifs is 1. The molecule has 0 aromatic heterocycles. The van der Waals surface area contributed by atoms with Crippen molar-refractivity contribution in [3.05, 3.63) is 35.4 Å². The Morgan fingerprint density at radius 2 is 2.19 bits per heavy atom. The number of hydrogen-bond donors (Lipinski definition) is 1. The molecule has 6 atom stereocenters. The van der Waals surface area contributed by atoms with Gasteiger partial charge in [0.05, 0.1) is 11.3 Å². The number of phenolic OH excluding ortho intramolecular Hbond substituents is 1. The van der Waals surface area contributed by atoms with Crippen LogP contribution in [0.1, 0.15) is 30.9 Å². The number of Topliss-reactive ketones (excluding diaryl/α,β-unsaturated/α-hetero) is 1. The summed E-state index contributed by atoms with van der Waals surface area (Å²) in [6.07, 6.45) is 6.85. The van der Waals surface area contributed by atoms with Crippen LogP contribution < -0.4 is 4.74 Å². The first-order chi connectivity index (χ1) is 12.9. The predicted molar refractivity (Wildman–Crippen MR) is 99.0 cm³/mol. The second-order valence-electron chi connectivity index (χ2n) is 9.17. The fraction of sp³-hybridized carbons (Fsp3) is 0.591. The van der Waals surface area contributed by atoms with Gasteiger partial charge in [-0.25, -0.2) is 0 Å². The van der Waals surface area contributed by atoms with E-state index in [-0.39, 0.29) is 34.4 Å². The average molecular weight is 367 g/mol. The molecule has 27 heavy (non-hydrogen) atoms. The molecule has 2 spiro atoms. The Morgan fingerprint density at radius 1 is 1.37 bits per heavy atom. The molecule has 0 radical (unpaired) electrons. The molecule has 1 saturated heterocycles. The lowest BCUT2D eigenvalue weighted by Crippen LogP contribution is -2.79. The third-order valence-corrected chi connectivity index (χ3v) is 8.56. The van der Waals surface area contributed by atoms with E-state index in [1.54, 1.807) is 20.1 Å². The van der Waals surface area contributed by atoms with Crippen LogP contribution in [0.25, 0.3) is 0 Å². The maximum Gasteiger partial charge on any atom is 0.165 e. The van der Waals surface area contributed by atoms with Gasteiger partial charge in [-0.1, -0.05) is 18.2 Å². The summed E-state index contributed by atoms with van der Waals surface area (Å²) in [5.74, 6) is 0.762. The SMILES string of the molecule is COC12C=CC3(C[C@H]1C(C)=O)C1Cc4ccc(O)c5c4[C@@]3(CCN1C)[C@@H]2O5. The van der Waals surface area contributed by atoms with Gasteiger partial charge >= 0.3 is 0 Å². The van der Waals surface area contributed by atoms with Crippen molar-refractivity contribution in [2.24, 2.45) is 11.3 Å². The van der Waals surface area contributed by atoms with E-state index in [1.807, 2.05) is 0 Å². The van der Waals surface area contributed by atoms with E-state index < -0.39 is 5.60 Å². The lowest BCUT2D eigenvalue weighted by Gasteiger charge is -2.70. The highest BCUT2D eigenvalue weighted by Crippen LogP contribution is 2.74. The van der Waals surface area contributed by atoms with Crippen molar-refractivity contribution in [3.8, 4) is 11.5 Å². The number of aromatic hydroxyl groups is 1. The van der Waals surface area contributed by atoms with E-state index in [1.165, 1.54) is 11.1 Å². The average Bonchev–Trinajstić information content (AvgIpc) is 3.03. The molecule has 4 bridgehead atoms. The number of rotatable bonds is 2. The zero-order valence-electron chi connectivity index (χ0n) is 16.0. The molecule has 5 nitrogen and oxygen atoms in total. The Morgan fingerprint density at radius 3 is 2.93 bits per heavy atom. The predicted octanol–water partition coefficient (Wildman–Crippen LogP) is 2.20. The minimum atomic E-state index is -0.770. The first-order valence-electron chi connectivity index (χ1n) is 9.89. The quantitative estimate of drug-likeness (QED) is 0.812. The first-order valence-corrected chi connectivity index (χ1v) is 9.89. The molecule has 1 saturated carbocycles. The van der Waals surface area contributed by atoms with Gasteiger partial charge in [0, 0.05) is 24.1 Å². The lowest BCUT2D eigenvalue weighted by atomic mass is 9.37. The number of carbonyl (C=O) groups is 1. The number of benzene rings is 1. The topological polar surface area (TPSA) is 59.0 Å². The number of ether oxygens (including phenoxy) is 2. The summed E-state index contributed by atoms with van der Waals surface area (Å²) < 4.78 is 12.7. The number of nitrogens with zero attached hydrogens (tertiary/aromatic N) is 1. The van der Waals surface area contributed by atoms with Gasteiger partial charge < -0.3 is 19.5 Å². The molecule has 0 amide bonds. The van der Waals surface area contributed by atoms with Crippen LogP contribution in [0.2, 0.25) is 0 Å². The van der Waals surface area contributed by atoms with Crippen molar-refractivity contribution in [2.45, 2.75) is 49.3 Å². The molecule has 2 fully saturated rings. The molecule has 4 aliphatic carbocycles. The zero-order valence-corrected chi connectivity index (χ0v) is 16.0. The Balaban J connectivity index is 1.73. The van der Waals surface area contributed by atoms with E-state index in [0.29, 0.717) is 11.8 Å². The number of piperidine rings is 1. The highest BCUT2D eigenvalue weighted by Gasteiger charge is 2.79. The highest BCUT2D eigenvalue weighted by atomic mass is 16.6. The summed E-state index contributed by atoms with van der Waals surface area (Å²) in [6.45, 7) is 2.66. The van der Waals surface area contributed by atoms with Crippen molar-refractivity contribution < 1.29 is 19.4 Å². The second-order valence-corrected chi connectivity index (χ2v) is 9.17. The van der Waals surface area contributed by atoms with E-state index >= 15 is 0 Å². The zero-order chi connectivity index (χ0) is 18.8. The van der Waals surface area contributed by atoms with Gasteiger partial charge in [-0.05, 0) is 51.4 Å². The van der Waals surface area contributed by atoms with Gasteiger partial charge in [0.15, 0.2) is 11.5 Å². The number of likely N-dealkylation sites (tertiary alicyclic amines) is 1.